The molecule has 0 aromatic rings. The van der Waals surface area contributed by atoms with E-state index >= 15 is 0 Å². The van der Waals surface area contributed by atoms with Gasteiger partial charge in [-0.25, -0.2) is 13.1 Å². The van der Waals surface area contributed by atoms with Crippen molar-refractivity contribution in [2.75, 3.05) is 6.61 Å². The van der Waals surface area contributed by atoms with Gasteiger partial charge in [-0.1, -0.05) is 6.92 Å². The first-order valence-corrected chi connectivity index (χ1v) is 14.6. The van der Waals surface area contributed by atoms with Gasteiger partial charge in [-0.3, -0.25) is 4.79 Å². The topological polar surface area (TPSA) is 116 Å². The first-order valence-electron chi connectivity index (χ1n) is 12.2. The second-order valence-electron chi connectivity index (χ2n) is 9.96. The van der Waals surface area contributed by atoms with Gasteiger partial charge in [0.25, 0.3) is 0 Å². The van der Waals surface area contributed by atoms with Gasteiger partial charge in [0.05, 0.1) is 22.6 Å². The van der Waals surface area contributed by atoms with Crippen molar-refractivity contribution >= 4 is 39.1 Å². The van der Waals surface area contributed by atoms with E-state index in [0.29, 0.717) is 13.0 Å². The molecule has 3 aliphatic carbocycles. The van der Waals surface area contributed by atoms with E-state index in [2.05, 4.69) is 22.1 Å². The van der Waals surface area contributed by atoms with Gasteiger partial charge in [-0.05, 0) is 63.0 Å². The van der Waals surface area contributed by atoms with Crippen molar-refractivity contribution in [3.05, 3.63) is 4.91 Å². The highest BCUT2D eigenvalue weighted by Gasteiger charge is 2.46. The molecule has 0 aromatic carbocycles. The van der Waals surface area contributed by atoms with E-state index in [-0.39, 0.29) is 48.9 Å². The van der Waals surface area contributed by atoms with E-state index in [9.17, 15) is 18.1 Å². The fraction of sp³-hybridized carbons (Fsp3) is 0.955. The normalized spacial score (nSPS) is 40.2. The Morgan fingerprint density at radius 1 is 1.03 bits per heavy atom. The molecule has 3 saturated carbocycles. The minimum Gasteiger partial charge on any atom is -0.379 e. The highest BCUT2D eigenvalue weighted by molar-refractivity contribution is 7.90. The van der Waals surface area contributed by atoms with Crippen LogP contribution in [0.25, 0.3) is 0 Å². The third-order valence-electron chi connectivity index (χ3n) is 7.61. The first kappa shape index (κ1) is 27.1. The number of halogens is 2. The molecule has 1 amide bonds. The van der Waals surface area contributed by atoms with Crippen molar-refractivity contribution in [3.8, 4) is 0 Å². The molecule has 190 valence electrons. The van der Waals surface area contributed by atoms with Crippen LogP contribution in [0, 0.1) is 16.7 Å². The van der Waals surface area contributed by atoms with Crippen molar-refractivity contribution < 1.29 is 23.1 Å². The third kappa shape index (κ3) is 7.03. The summed E-state index contributed by atoms with van der Waals surface area (Å²) in [7, 11) is -3.72. The minimum atomic E-state index is -3.72. The lowest BCUT2D eigenvalue weighted by Gasteiger charge is -2.38. The summed E-state index contributed by atoms with van der Waals surface area (Å²) < 4.78 is 35.0. The first-order chi connectivity index (χ1) is 15.6. The number of ether oxygens (including phenoxy) is 1. The highest BCUT2D eigenvalue weighted by atomic mass is 35.5. The molecule has 7 atom stereocenters. The van der Waals surface area contributed by atoms with Gasteiger partial charge in [0.1, 0.15) is 0 Å². The molecule has 0 saturated heterocycles. The van der Waals surface area contributed by atoms with Crippen molar-refractivity contribution in [2.45, 2.75) is 112 Å². The van der Waals surface area contributed by atoms with Crippen LogP contribution in [0.1, 0.15) is 71.6 Å². The van der Waals surface area contributed by atoms with E-state index in [1.54, 1.807) is 0 Å². The van der Waals surface area contributed by atoms with Crippen molar-refractivity contribution in [2.24, 2.45) is 11.8 Å². The van der Waals surface area contributed by atoms with Crippen LogP contribution in [-0.4, -0.2) is 61.2 Å². The van der Waals surface area contributed by atoms with Gasteiger partial charge >= 0.3 is 0 Å². The number of amides is 1. The van der Waals surface area contributed by atoms with Crippen LogP contribution in [0.4, 0.5) is 0 Å². The summed E-state index contributed by atoms with van der Waals surface area (Å²) in [6.45, 7) is 4.67. The maximum Gasteiger partial charge on any atom is 0.224 e. The van der Waals surface area contributed by atoms with E-state index in [0.717, 1.165) is 38.5 Å². The molecule has 8 nitrogen and oxygen atoms in total. The highest BCUT2D eigenvalue weighted by Crippen LogP contribution is 2.36. The number of carbonyl (C=O) groups is 1. The SMILES string of the molecule is CCOC1CCC(NS(=O)(=O)C2CC(C(=O)NC3CC([NH+]=O)CCC3C)C(Cl)CC2Cl)CC1. The molecule has 3 aliphatic rings. The van der Waals surface area contributed by atoms with Crippen LogP contribution in [0.15, 0.2) is 0 Å². The van der Waals surface area contributed by atoms with Gasteiger partial charge in [-0.15, -0.1) is 23.2 Å². The maximum atomic E-state index is 13.2. The Kier molecular flexibility index (Phi) is 9.84. The molecule has 0 spiro atoms. The minimum absolute atomic E-state index is 0.0854. The van der Waals surface area contributed by atoms with Gasteiger partial charge in [-0.2, -0.15) is 0 Å². The predicted molar refractivity (Wildman–Crippen MR) is 129 cm³/mol. The van der Waals surface area contributed by atoms with Crippen molar-refractivity contribution in [1.82, 2.24) is 10.0 Å². The molecule has 7 unspecified atom stereocenters. The van der Waals surface area contributed by atoms with Crippen LogP contribution >= 0.6 is 23.2 Å². The number of rotatable bonds is 8. The summed E-state index contributed by atoms with van der Waals surface area (Å²) in [5.74, 6) is -0.659. The largest absolute Gasteiger partial charge is 0.379 e. The van der Waals surface area contributed by atoms with Crippen LogP contribution < -0.4 is 15.2 Å². The van der Waals surface area contributed by atoms with Crippen LogP contribution in [-0.2, 0) is 19.6 Å². The van der Waals surface area contributed by atoms with Crippen LogP contribution in [0.5, 0.6) is 0 Å². The smallest absolute Gasteiger partial charge is 0.224 e. The summed E-state index contributed by atoms with van der Waals surface area (Å²) >= 11 is 13.0. The summed E-state index contributed by atoms with van der Waals surface area (Å²) in [6.07, 6.45) is 5.79. The summed E-state index contributed by atoms with van der Waals surface area (Å²) in [4.78, 5) is 24.2. The molecule has 0 heterocycles. The molecule has 0 radical (unpaired) electrons. The molecule has 3 N–H and O–H groups in total. The average Bonchev–Trinajstić information content (AvgIpc) is 2.76. The van der Waals surface area contributed by atoms with Gasteiger partial charge in [0.2, 0.25) is 22.0 Å². The lowest BCUT2D eigenvalue weighted by atomic mass is 9.82. The second-order valence-corrected chi connectivity index (χ2v) is 13.0. The quantitative estimate of drug-likeness (QED) is 0.416. The van der Waals surface area contributed by atoms with E-state index < -0.39 is 31.9 Å². The zero-order valence-corrected chi connectivity index (χ0v) is 21.8. The fourth-order valence-corrected chi connectivity index (χ4v) is 8.53. The Hall–Kier alpha value is -0.480. The number of hydrogen-bond donors (Lipinski definition) is 3. The summed E-state index contributed by atoms with van der Waals surface area (Å²) in [5, 5.41) is 3.03. The van der Waals surface area contributed by atoms with Crippen LogP contribution in [0.2, 0.25) is 0 Å². The zero-order valence-electron chi connectivity index (χ0n) is 19.5. The summed E-state index contributed by atoms with van der Waals surface area (Å²) in [5.41, 5.74) is 0. The van der Waals surface area contributed by atoms with Gasteiger partial charge in [0, 0.05) is 41.8 Å². The van der Waals surface area contributed by atoms with Gasteiger partial charge in [0.15, 0.2) is 0 Å². The zero-order chi connectivity index (χ0) is 24.2. The van der Waals surface area contributed by atoms with E-state index in [1.807, 2.05) is 6.92 Å². The Labute approximate surface area is 207 Å². The fourth-order valence-electron chi connectivity index (χ4n) is 5.49. The molecule has 11 heteroatoms. The molecular formula is C22H38Cl2N3O5S+. The summed E-state index contributed by atoms with van der Waals surface area (Å²) in [6, 6.07) is -0.452. The number of nitroso groups, excluding NO2 is 1. The number of hydrogen-bond acceptors (Lipinski definition) is 5. The van der Waals surface area contributed by atoms with Crippen LogP contribution in [0.3, 0.4) is 0 Å². The van der Waals surface area contributed by atoms with E-state index in [1.165, 1.54) is 0 Å². The molecule has 3 rings (SSSR count). The molecular weight excluding hydrogens is 489 g/mol. The van der Waals surface area contributed by atoms with Crippen molar-refractivity contribution in [1.29, 1.82) is 0 Å². The Bertz CT molecular complexity index is 778. The van der Waals surface area contributed by atoms with Gasteiger partial charge < -0.3 is 10.1 Å². The molecule has 0 bridgehead atoms. The average molecular weight is 528 g/mol. The number of carbonyl (C=O) groups excluding carboxylic acids is 1. The van der Waals surface area contributed by atoms with Crippen molar-refractivity contribution in [3.63, 3.8) is 0 Å². The Morgan fingerprint density at radius 2 is 1.73 bits per heavy atom. The standard InChI is InChI=1S/C22H37Cl2N3O5S/c1-3-32-16-8-6-14(7-9-16)27-33(30,31)21-11-17(18(23)12-19(21)24)22(28)25-20-10-15(26-29)5-4-13(20)2/h13-21,27H,3-12H2,1-2H3,(H,25,28)/p+1. The molecule has 0 aliphatic heterocycles. The van der Waals surface area contributed by atoms with E-state index in [4.69, 9.17) is 27.9 Å². The Morgan fingerprint density at radius 3 is 2.36 bits per heavy atom. The number of nitrogens with one attached hydrogen (secondary N) is 3. The third-order valence-corrected chi connectivity index (χ3v) is 10.7. The maximum absolute atomic E-state index is 13.2. The lowest BCUT2D eigenvalue weighted by molar-refractivity contribution is -0.530. The number of sulfonamides is 1. The lowest BCUT2D eigenvalue weighted by Crippen LogP contribution is -2.75. The molecule has 0 aromatic heterocycles. The molecule has 3 fully saturated rings. The molecule has 33 heavy (non-hydrogen) atoms. The predicted octanol–water partition coefficient (Wildman–Crippen LogP) is 1.77. The number of alkyl halides is 2. The second kappa shape index (κ2) is 12.0. The Balaban J connectivity index is 1.61. The monoisotopic (exact) mass is 526 g/mol.